The van der Waals surface area contributed by atoms with Gasteiger partial charge >= 0.3 is 0 Å². The lowest BCUT2D eigenvalue weighted by Gasteiger charge is -2.16. The maximum Gasteiger partial charge on any atom is 0.178 e. The minimum absolute atomic E-state index is 0.290. The molecule has 0 bridgehead atoms. The van der Waals surface area contributed by atoms with E-state index in [1.54, 1.807) is 6.33 Å². The molecule has 0 fully saturated rings. The minimum Gasteiger partial charge on any atom is -0.363 e. The lowest BCUT2D eigenvalue weighted by molar-refractivity contribution is 0.758. The highest BCUT2D eigenvalue weighted by atomic mass is 32.1. The van der Waals surface area contributed by atoms with Gasteiger partial charge in [0.2, 0.25) is 0 Å². The molecule has 1 aliphatic carbocycles. The predicted octanol–water partition coefficient (Wildman–Crippen LogP) is 4.76. The largest absolute Gasteiger partial charge is 0.363 e. The number of aryl methyl sites for hydroxylation is 2. The number of nitrogens with one attached hydrogen (secondary N) is 2. The molecule has 0 saturated carbocycles. The summed E-state index contributed by atoms with van der Waals surface area (Å²) in [5, 5.41) is 4.66. The zero-order valence-electron chi connectivity index (χ0n) is 14.5. The molecule has 2 N–H and O–H groups in total. The molecule has 130 valence electrons. The molecule has 2 heterocycles. The van der Waals surface area contributed by atoms with E-state index in [9.17, 15) is 0 Å². The summed E-state index contributed by atoms with van der Waals surface area (Å²) in [7, 11) is 0. The van der Waals surface area contributed by atoms with Crippen LogP contribution in [0.2, 0.25) is 0 Å². The van der Waals surface area contributed by atoms with Crippen molar-refractivity contribution < 1.29 is 0 Å². The van der Waals surface area contributed by atoms with Crippen LogP contribution in [-0.4, -0.2) is 19.5 Å². The van der Waals surface area contributed by atoms with E-state index in [1.165, 1.54) is 11.1 Å². The zero-order chi connectivity index (χ0) is 17.7. The quantitative estimate of drug-likeness (QED) is 0.517. The van der Waals surface area contributed by atoms with Crippen molar-refractivity contribution in [1.29, 1.82) is 0 Å². The summed E-state index contributed by atoms with van der Waals surface area (Å²) in [6, 6.07) is 13.1. The van der Waals surface area contributed by atoms with Gasteiger partial charge in [-0.05, 0) is 55.2 Å². The summed E-state index contributed by atoms with van der Waals surface area (Å²) in [5.74, 6) is 0.877. The molecule has 5 nitrogen and oxygen atoms in total. The van der Waals surface area contributed by atoms with E-state index in [0.29, 0.717) is 6.04 Å². The van der Waals surface area contributed by atoms with Gasteiger partial charge < -0.3 is 14.9 Å². The molecule has 1 unspecified atom stereocenters. The number of rotatable bonds is 3. The first-order valence-corrected chi connectivity index (χ1v) is 9.37. The molecule has 0 amide bonds. The molecule has 5 rings (SSSR count). The molecule has 0 aliphatic heterocycles. The van der Waals surface area contributed by atoms with Gasteiger partial charge in [-0.2, -0.15) is 0 Å². The second-order valence-electron chi connectivity index (χ2n) is 6.72. The molecule has 2 aromatic heterocycles. The van der Waals surface area contributed by atoms with Gasteiger partial charge in [-0.3, -0.25) is 0 Å². The van der Waals surface area contributed by atoms with Crippen LogP contribution in [0.4, 0.5) is 5.82 Å². The van der Waals surface area contributed by atoms with E-state index >= 15 is 0 Å². The van der Waals surface area contributed by atoms with Crippen LogP contribution in [0.3, 0.4) is 0 Å². The van der Waals surface area contributed by atoms with E-state index in [1.807, 2.05) is 0 Å². The number of hydrogen-bond acceptors (Lipinski definition) is 4. The number of nitrogens with zero attached hydrogens (tertiary/aromatic N) is 3. The summed E-state index contributed by atoms with van der Waals surface area (Å²) >= 11 is 5.44. The number of hydrogen-bond donors (Lipinski definition) is 2. The Hall–Kier alpha value is -2.73. The molecule has 2 aromatic carbocycles. The van der Waals surface area contributed by atoms with Crippen LogP contribution < -0.4 is 5.32 Å². The lowest BCUT2D eigenvalue weighted by Crippen LogP contribution is -2.09. The smallest absolute Gasteiger partial charge is 0.178 e. The lowest BCUT2D eigenvalue weighted by atomic mass is 10.1. The van der Waals surface area contributed by atoms with Gasteiger partial charge in [0.25, 0.3) is 0 Å². The molecule has 0 radical (unpaired) electrons. The molecule has 1 aliphatic rings. The second kappa shape index (κ2) is 5.92. The summed E-state index contributed by atoms with van der Waals surface area (Å²) in [5.41, 5.74) is 5.83. The van der Waals surface area contributed by atoms with Crippen LogP contribution in [-0.2, 0) is 13.0 Å². The highest BCUT2D eigenvalue weighted by Crippen LogP contribution is 2.35. The molecule has 6 heteroatoms. The molecule has 4 aromatic rings. The van der Waals surface area contributed by atoms with Gasteiger partial charge in [-0.25, -0.2) is 9.97 Å². The number of benzene rings is 2. The van der Waals surface area contributed by atoms with Crippen molar-refractivity contribution in [2.45, 2.75) is 32.4 Å². The molecule has 26 heavy (non-hydrogen) atoms. The monoisotopic (exact) mass is 361 g/mol. The van der Waals surface area contributed by atoms with Crippen LogP contribution in [0.5, 0.6) is 0 Å². The Balaban J connectivity index is 1.62. The third kappa shape index (κ3) is 2.33. The number of imidazole rings is 1. The van der Waals surface area contributed by atoms with Gasteiger partial charge in [-0.1, -0.05) is 24.3 Å². The highest BCUT2D eigenvalue weighted by molar-refractivity contribution is 7.71. The van der Waals surface area contributed by atoms with Crippen LogP contribution in [0, 0.1) is 4.77 Å². The van der Waals surface area contributed by atoms with E-state index in [4.69, 9.17) is 12.2 Å². The van der Waals surface area contributed by atoms with Gasteiger partial charge in [0.15, 0.2) is 4.77 Å². The molecular formula is C20H19N5S. The number of aromatic amines is 1. The summed E-state index contributed by atoms with van der Waals surface area (Å²) in [6.07, 6.45) is 3.82. The SMILES string of the molecule is CCn1c(=S)[nH]c2cc3c(NC4CCc5ccccc54)ncnc3cc21. The first-order chi connectivity index (χ1) is 12.7. The maximum atomic E-state index is 5.44. The second-order valence-corrected chi connectivity index (χ2v) is 7.10. The summed E-state index contributed by atoms with van der Waals surface area (Å²) in [4.78, 5) is 12.3. The fourth-order valence-corrected chi connectivity index (χ4v) is 4.35. The predicted molar refractivity (Wildman–Crippen MR) is 107 cm³/mol. The highest BCUT2D eigenvalue weighted by Gasteiger charge is 2.22. The average Bonchev–Trinajstić information content (AvgIpc) is 3.20. The first kappa shape index (κ1) is 15.5. The Morgan fingerprint density at radius 1 is 1.27 bits per heavy atom. The van der Waals surface area contributed by atoms with Gasteiger partial charge in [0, 0.05) is 11.9 Å². The zero-order valence-corrected chi connectivity index (χ0v) is 15.3. The number of H-pyrrole nitrogens is 1. The van der Waals surface area contributed by atoms with Crippen molar-refractivity contribution in [3.8, 4) is 0 Å². The number of fused-ring (bicyclic) bond motifs is 3. The van der Waals surface area contributed by atoms with Crippen LogP contribution in [0.15, 0.2) is 42.7 Å². The maximum absolute atomic E-state index is 5.44. The fourth-order valence-electron chi connectivity index (χ4n) is 4.01. The standard InChI is InChI=1S/C20H19N5S/c1-2-25-18-10-16-14(9-17(18)24-20(25)26)19(22-11-21-16)23-15-8-7-12-5-3-4-6-13(12)15/h3-6,9-11,15H,2,7-8H2,1H3,(H,24,26)(H,21,22,23). The van der Waals surface area contributed by atoms with E-state index in [-0.39, 0.29) is 0 Å². The Bertz CT molecular complexity index is 1190. The van der Waals surface area contributed by atoms with Crippen molar-refractivity contribution in [2.75, 3.05) is 5.32 Å². The van der Waals surface area contributed by atoms with E-state index in [0.717, 1.165) is 51.9 Å². The third-order valence-electron chi connectivity index (χ3n) is 5.29. The Morgan fingerprint density at radius 3 is 3.04 bits per heavy atom. The summed E-state index contributed by atoms with van der Waals surface area (Å²) < 4.78 is 2.83. The first-order valence-electron chi connectivity index (χ1n) is 8.96. The van der Waals surface area contributed by atoms with Gasteiger partial charge in [0.05, 0.1) is 22.6 Å². The van der Waals surface area contributed by atoms with Crippen LogP contribution >= 0.6 is 12.2 Å². The van der Waals surface area contributed by atoms with Gasteiger partial charge in [0.1, 0.15) is 12.1 Å². The fraction of sp³-hybridized carbons (Fsp3) is 0.250. The Labute approximate surface area is 156 Å². The van der Waals surface area contributed by atoms with Crippen molar-refractivity contribution in [3.05, 3.63) is 58.6 Å². The third-order valence-corrected chi connectivity index (χ3v) is 5.61. The summed E-state index contributed by atoms with van der Waals surface area (Å²) in [6.45, 7) is 2.93. The van der Waals surface area contributed by atoms with Crippen molar-refractivity contribution in [3.63, 3.8) is 0 Å². The molecular weight excluding hydrogens is 342 g/mol. The van der Waals surface area contributed by atoms with Crippen LogP contribution in [0.25, 0.3) is 21.9 Å². The molecule has 1 atom stereocenters. The van der Waals surface area contributed by atoms with Crippen molar-refractivity contribution >= 4 is 40.0 Å². The minimum atomic E-state index is 0.290. The number of anilines is 1. The average molecular weight is 361 g/mol. The Kier molecular flexibility index (Phi) is 3.53. The normalized spacial score (nSPS) is 16.3. The topological polar surface area (TPSA) is 58.5 Å². The number of aromatic nitrogens is 4. The molecule has 0 saturated heterocycles. The van der Waals surface area contributed by atoms with Gasteiger partial charge in [-0.15, -0.1) is 0 Å². The van der Waals surface area contributed by atoms with E-state index in [2.05, 4.69) is 68.2 Å². The Morgan fingerprint density at radius 2 is 2.15 bits per heavy atom. The van der Waals surface area contributed by atoms with E-state index < -0.39 is 0 Å². The van der Waals surface area contributed by atoms with Crippen LogP contribution in [0.1, 0.15) is 30.5 Å². The van der Waals surface area contributed by atoms with Crippen molar-refractivity contribution in [1.82, 2.24) is 19.5 Å². The molecule has 0 spiro atoms. The van der Waals surface area contributed by atoms with Crippen molar-refractivity contribution in [2.24, 2.45) is 0 Å².